The minimum Gasteiger partial charge on any atom is -0.393 e. The fraction of sp³-hybridized carbons (Fsp3) is 0.200. The van der Waals surface area contributed by atoms with Crippen LogP contribution in [0.2, 0.25) is 0 Å². The van der Waals surface area contributed by atoms with E-state index in [1.54, 1.807) is 0 Å². The third-order valence-electron chi connectivity index (χ3n) is 3.16. The van der Waals surface area contributed by atoms with Gasteiger partial charge in [0.05, 0.1) is 17.2 Å². The highest BCUT2D eigenvalue weighted by Crippen LogP contribution is 2.23. The normalized spacial score (nSPS) is 12.6. The number of aromatic nitrogens is 1. The van der Waals surface area contributed by atoms with Gasteiger partial charge in [0.15, 0.2) is 15.0 Å². The highest BCUT2D eigenvalue weighted by atomic mass is 32.2. The Hall–Kier alpha value is -2.07. The smallest absolute Gasteiger partial charge is 0.257 e. The van der Waals surface area contributed by atoms with Crippen molar-refractivity contribution in [3.8, 4) is 0 Å². The Morgan fingerprint density at radius 2 is 2.00 bits per heavy atom. The van der Waals surface area contributed by atoms with Crippen LogP contribution in [0.5, 0.6) is 0 Å². The molecule has 9 heteroatoms. The molecule has 0 fully saturated rings. The van der Waals surface area contributed by atoms with Gasteiger partial charge in [0.1, 0.15) is 6.10 Å². The largest absolute Gasteiger partial charge is 0.393 e. The number of sulfone groups is 1. The zero-order chi connectivity index (χ0) is 17.9. The van der Waals surface area contributed by atoms with Crippen LogP contribution in [0.15, 0.2) is 41.1 Å². The number of carbonyl (C=O) groups excluding carboxylic acids is 1. The quantitative estimate of drug-likeness (QED) is 0.660. The molecular formula is C15H16N2O5S2. The molecule has 2 aromatic rings. The van der Waals surface area contributed by atoms with Crippen LogP contribution in [-0.4, -0.2) is 42.4 Å². The fourth-order valence-corrected chi connectivity index (χ4v) is 3.18. The number of benzene rings is 1. The second-order valence-corrected chi connectivity index (χ2v) is 7.88. The lowest BCUT2D eigenvalue weighted by Gasteiger charge is -2.07. The van der Waals surface area contributed by atoms with Crippen molar-refractivity contribution in [1.29, 1.82) is 0 Å². The number of anilines is 1. The van der Waals surface area contributed by atoms with E-state index in [0.717, 1.165) is 17.6 Å². The second-order valence-electron chi connectivity index (χ2n) is 5.01. The predicted molar refractivity (Wildman–Crippen MR) is 91.4 cm³/mol. The first kappa shape index (κ1) is 18.3. The first-order chi connectivity index (χ1) is 11.2. The summed E-state index contributed by atoms with van der Waals surface area (Å²) in [6.07, 6.45) is 0.00309. The van der Waals surface area contributed by atoms with Crippen LogP contribution in [0.25, 0.3) is 5.57 Å². The highest BCUT2D eigenvalue weighted by Gasteiger charge is 2.15. The van der Waals surface area contributed by atoms with Crippen molar-refractivity contribution < 1.29 is 23.4 Å². The van der Waals surface area contributed by atoms with Crippen LogP contribution in [0, 0.1) is 0 Å². The van der Waals surface area contributed by atoms with Crippen molar-refractivity contribution in [2.75, 3.05) is 18.2 Å². The topological polar surface area (TPSA) is 117 Å². The molecule has 3 N–H and O–H groups in total. The molecule has 1 heterocycles. The summed E-state index contributed by atoms with van der Waals surface area (Å²) in [5.41, 5.74) is 0.891. The van der Waals surface area contributed by atoms with Gasteiger partial charge in [0.25, 0.3) is 5.91 Å². The first-order valence-corrected chi connectivity index (χ1v) is 9.54. The highest BCUT2D eigenvalue weighted by molar-refractivity contribution is 7.90. The molecular weight excluding hydrogens is 352 g/mol. The molecule has 0 saturated heterocycles. The molecule has 2 rings (SSSR count). The van der Waals surface area contributed by atoms with Gasteiger partial charge in [0.2, 0.25) is 0 Å². The molecule has 0 spiro atoms. The zero-order valence-corrected chi connectivity index (χ0v) is 14.4. The standard InChI is InChI=1S/C15H16N2O5S2/c1-9(10-3-5-11(6-4-10)24(2,21)22)14(20)17-15-16-12(8-23-15)13(19)7-18/h3-6,8,13,18-19H,1,7H2,2H3,(H,16,17,20). The number of nitrogens with zero attached hydrogens (tertiary/aromatic N) is 1. The summed E-state index contributed by atoms with van der Waals surface area (Å²) in [7, 11) is -3.30. The number of nitrogens with one attached hydrogen (secondary N) is 1. The minimum absolute atomic E-state index is 0.148. The number of rotatable bonds is 6. The Balaban J connectivity index is 2.09. The third kappa shape index (κ3) is 4.26. The number of carbonyl (C=O) groups is 1. The van der Waals surface area contributed by atoms with E-state index in [9.17, 15) is 18.3 Å². The number of thiazole rings is 1. The maximum atomic E-state index is 12.2. The van der Waals surface area contributed by atoms with E-state index >= 15 is 0 Å². The summed E-state index contributed by atoms with van der Waals surface area (Å²) in [6, 6.07) is 5.81. The molecule has 128 valence electrons. The van der Waals surface area contributed by atoms with Crippen LogP contribution >= 0.6 is 11.3 Å². The van der Waals surface area contributed by atoms with Gasteiger partial charge in [-0.1, -0.05) is 18.7 Å². The van der Waals surface area contributed by atoms with Crippen LogP contribution < -0.4 is 5.32 Å². The molecule has 0 aliphatic heterocycles. The minimum atomic E-state index is -3.30. The molecule has 0 saturated carbocycles. The number of aliphatic hydroxyl groups is 2. The second kappa shape index (κ2) is 7.22. The van der Waals surface area contributed by atoms with Gasteiger partial charge in [-0.3, -0.25) is 10.1 Å². The van der Waals surface area contributed by atoms with Crippen molar-refractivity contribution in [3.05, 3.63) is 47.5 Å². The van der Waals surface area contributed by atoms with E-state index in [-0.39, 0.29) is 21.3 Å². The average Bonchev–Trinajstić information content (AvgIpc) is 3.01. The molecule has 7 nitrogen and oxygen atoms in total. The SMILES string of the molecule is C=C(C(=O)Nc1nc(C(O)CO)cs1)c1ccc(S(C)(=O)=O)cc1. The molecule has 1 unspecified atom stereocenters. The maximum Gasteiger partial charge on any atom is 0.257 e. The molecule has 1 aromatic carbocycles. The van der Waals surface area contributed by atoms with Crippen molar-refractivity contribution in [3.63, 3.8) is 0 Å². The number of aliphatic hydroxyl groups excluding tert-OH is 2. The Morgan fingerprint density at radius 1 is 1.38 bits per heavy atom. The van der Waals surface area contributed by atoms with E-state index in [1.807, 2.05) is 0 Å². The Labute approximate surface area is 143 Å². The maximum absolute atomic E-state index is 12.2. The van der Waals surface area contributed by atoms with Crippen LogP contribution in [0.1, 0.15) is 17.4 Å². The molecule has 1 aromatic heterocycles. The summed E-state index contributed by atoms with van der Waals surface area (Å²) in [5, 5.41) is 22.7. The summed E-state index contributed by atoms with van der Waals surface area (Å²) in [6.45, 7) is 3.24. The summed E-state index contributed by atoms with van der Waals surface area (Å²) >= 11 is 1.11. The summed E-state index contributed by atoms with van der Waals surface area (Å²) < 4.78 is 22.8. The van der Waals surface area contributed by atoms with Gasteiger partial charge in [-0.15, -0.1) is 11.3 Å². The van der Waals surface area contributed by atoms with Crippen LogP contribution in [-0.2, 0) is 14.6 Å². The van der Waals surface area contributed by atoms with Gasteiger partial charge in [-0.2, -0.15) is 0 Å². The van der Waals surface area contributed by atoms with Crippen LogP contribution in [0.4, 0.5) is 5.13 Å². The zero-order valence-electron chi connectivity index (χ0n) is 12.8. The third-order valence-corrected chi connectivity index (χ3v) is 5.07. The van der Waals surface area contributed by atoms with E-state index in [1.165, 1.54) is 29.6 Å². The van der Waals surface area contributed by atoms with Crippen LogP contribution in [0.3, 0.4) is 0 Å². The van der Waals surface area contributed by atoms with Gasteiger partial charge in [0, 0.05) is 17.2 Å². The van der Waals surface area contributed by atoms with E-state index in [0.29, 0.717) is 5.56 Å². The molecule has 0 aliphatic rings. The summed E-state index contributed by atoms with van der Waals surface area (Å²) in [5.74, 6) is -0.499. The molecule has 0 radical (unpaired) electrons. The molecule has 24 heavy (non-hydrogen) atoms. The Morgan fingerprint density at radius 3 is 2.54 bits per heavy atom. The molecule has 0 aliphatic carbocycles. The molecule has 1 atom stereocenters. The molecule has 1 amide bonds. The van der Waals surface area contributed by atoms with Gasteiger partial charge in [-0.25, -0.2) is 13.4 Å². The monoisotopic (exact) mass is 368 g/mol. The van der Waals surface area contributed by atoms with Crippen molar-refractivity contribution in [2.24, 2.45) is 0 Å². The Kier molecular flexibility index (Phi) is 5.50. The fourth-order valence-electron chi connectivity index (χ4n) is 1.80. The number of hydrogen-bond donors (Lipinski definition) is 3. The first-order valence-electron chi connectivity index (χ1n) is 6.77. The van der Waals surface area contributed by atoms with E-state index in [2.05, 4.69) is 16.9 Å². The lowest BCUT2D eigenvalue weighted by atomic mass is 10.1. The molecule has 0 bridgehead atoms. The number of amides is 1. The van der Waals surface area contributed by atoms with Crippen molar-refractivity contribution in [1.82, 2.24) is 4.98 Å². The van der Waals surface area contributed by atoms with Crippen molar-refractivity contribution in [2.45, 2.75) is 11.0 Å². The predicted octanol–water partition coefficient (Wildman–Crippen LogP) is 1.22. The lowest BCUT2D eigenvalue weighted by Crippen LogP contribution is -2.13. The summed E-state index contributed by atoms with van der Waals surface area (Å²) in [4.78, 5) is 16.3. The van der Waals surface area contributed by atoms with Gasteiger partial charge < -0.3 is 10.2 Å². The van der Waals surface area contributed by atoms with E-state index in [4.69, 9.17) is 5.11 Å². The lowest BCUT2D eigenvalue weighted by molar-refractivity contribution is -0.111. The Bertz CT molecular complexity index is 856. The average molecular weight is 368 g/mol. The van der Waals surface area contributed by atoms with Gasteiger partial charge in [-0.05, 0) is 17.7 Å². The van der Waals surface area contributed by atoms with Gasteiger partial charge >= 0.3 is 0 Å². The van der Waals surface area contributed by atoms with Crippen molar-refractivity contribution >= 4 is 37.8 Å². The van der Waals surface area contributed by atoms with E-state index < -0.39 is 28.5 Å². The number of hydrogen-bond acceptors (Lipinski definition) is 7.